The average molecular weight is 309 g/mol. The summed E-state index contributed by atoms with van der Waals surface area (Å²) in [6.45, 7) is 0.874. The van der Waals surface area contributed by atoms with Gasteiger partial charge in [-0.25, -0.2) is 0 Å². The predicted octanol–water partition coefficient (Wildman–Crippen LogP) is 3.07. The summed E-state index contributed by atoms with van der Waals surface area (Å²) < 4.78 is 5.22. The van der Waals surface area contributed by atoms with Crippen molar-refractivity contribution in [2.75, 3.05) is 19.4 Å². The van der Waals surface area contributed by atoms with Gasteiger partial charge >= 0.3 is 0 Å². The van der Waals surface area contributed by atoms with Gasteiger partial charge in [0.25, 0.3) is 0 Å². The van der Waals surface area contributed by atoms with Crippen molar-refractivity contribution in [1.29, 1.82) is 0 Å². The van der Waals surface area contributed by atoms with Crippen LogP contribution >= 0.6 is 0 Å². The monoisotopic (exact) mass is 309 g/mol. The van der Waals surface area contributed by atoms with E-state index >= 15 is 0 Å². The SMILES string of the molecule is CN(C)Cc1ccc(NC(=O)Cc2noc3ccccc23)cc1. The Morgan fingerprint density at radius 2 is 1.87 bits per heavy atom. The minimum absolute atomic E-state index is 0.107. The number of amides is 1. The average Bonchev–Trinajstić information content (AvgIpc) is 2.92. The van der Waals surface area contributed by atoms with E-state index in [4.69, 9.17) is 4.52 Å². The van der Waals surface area contributed by atoms with Gasteiger partial charge in [-0.3, -0.25) is 4.79 Å². The third-order valence-electron chi connectivity index (χ3n) is 3.52. The number of carbonyl (C=O) groups is 1. The summed E-state index contributed by atoms with van der Waals surface area (Å²) in [6.07, 6.45) is 0.191. The molecule has 1 N–H and O–H groups in total. The first-order valence-corrected chi connectivity index (χ1v) is 7.48. The molecule has 1 heterocycles. The van der Waals surface area contributed by atoms with Crippen molar-refractivity contribution in [2.24, 2.45) is 0 Å². The Hall–Kier alpha value is -2.66. The minimum atomic E-state index is -0.107. The highest BCUT2D eigenvalue weighted by Gasteiger charge is 2.12. The summed E-state index contributed by atoms with van der Waals surface area (Å²) in [5.41, 5.74) is 3.34. The van der Waals surface area contributed by atoms with Crippen molar-refractivity contribution in [3.8, 4) is 0 Å². The molecule has 118 valence electrons. The van der Waals surface area contributed by atoms with E-state index in [0.29, 0.717) is 11.3 Å². The minimum Gasteiger partial charge on any atom is -0.356 e. The lowest BCUT2D eigenvalue weighted by atomic mass is 10.1. The van der Waals surface area contributed by atoms with Gasteiger partial charge in [-0.05, 0) is 43.9 Å². The van der Waals surface area contributed by atoms with Crippen molar-refractivity contribution in [3.63, 3.8) is 0 Å². The number of nitrogens with one attached hydrogen (secondary N) is 1. The highest BCUT2D eigenvalue weighted by Crippen LogP contribution is 2.18. The van der Waals surface area contributed by atoms with Crippen LogP contribution in [0.25, 0.3) is 11.0 Å². The zero-order valence-electron chi connectivity index (χ0n) is 13.2. The van der Waals surface area contributed by atoms with Gasteiger partial charge in [0.2, 0.25) is 5.91 Å². The molecule has 23 heavy (non-hydrogen) atoms. The second-order valence-corrected chi connectivity index (χ2v) is 5.79. The van der Waals surface area contributed by atoms with Crippen LogP contribution in [0, 0.1) is 0 Å². The fraction of sp³-hybridized carbons (Fsp3) is 0.222. The molecule has 0 saturated carbocycles. The predicted molar refractivity (Wildman–Crippen MR) is 90.2 cm³/mol. The van der Waals surface area contributed by atoms with Crippen LogP contribution in [0.2, 0.25) is 0 Å². The number of aromatic nitrogens is 1. The molecule has 0 spiro atoms. The molecule has 3 rings (SSSR count). The maximum atomic E-state index is 12.2. The maximum absolute atomic E-state index is 12.2. The van der Waals surface area contributed by atoms with E-state index in [2.05, 4.69) is 15.4 Å². The molecule has 0 aliphatic heterocycles. The van der Waals surface area contributed by atoms with Crippen LogP contribution in [0.5, 0.6) is 0 Å². The molecule has 0 fully saturated rings. The second-order valence-electron chi connectivity index (χ2n) is 5.79. The third kappa shape index (κ3) is 3.76. The molecule has 0 radical (unpaired) electrons. The Labute approximate surface area is 134 Å². The highest BCUT2D eigenvalue weighted by atomic mass is 16.5. The Balaban J connectivity index is 1.65. The second kappa shape index (κ2) is 6.62. The Kier molecular flexibility index (Phi) is 4.39. The quantitative estimate of drug-likeness (QED) is 0.787. The number of carbonyl (C=O) groups excluding carboxylic acids is 1. The van der Waals surface area contributed by atoms with E-state index in [0.717, 1.165) is 17.6 Å². The van der Waals surface area contributed by atoms with E-state index in [-0.39, 0.29) is 12.3 Å². The lowest BCUT2D eigenvalue weighted by Crippen LogP contribution is -2.15. The van der Waals surface area contributed by atoms with Gasteiger partial charge < -0.3 is 14.7 Å². The molecular formula is C18H19N3O2. The van der Waals surface area contributed by atoms with Crippen molar-refractivity contribution < 1.29 is 9.32 Å². The molecule has 3 aromatic rings. The number of hydrogen-bond acceptors (Lipinski definition) is 4. The molecule has 0 aliphatic rings. The molecule has 5 heteroatoms. The van der Waals surface area contributed by atoms with Gasteiger partial charge in [0, 0.05) is 17.6 Å². The van der Waals surface area contributed by atoms with Gasteiger partial charge in [0.1, 0.15) is 5.69 Å². The maximum Gasteiger partial charge on any atom is 0.230 e. The standard InChI is InChI=1S/C18H19N3O2/c1-21(2)12-13-7-9-14(10-8-13)19-18(22)11-16-15-5-3-4-6-17(15)23-20-16/h3-10H,11-12H2,1-2H3,(H,19,22). The van der Waals surface area contributed by atoms with Gasteiger partial charge in [-0.1, -0.05) is 29.4 Å². The summed E-state index contributed by atoms with van der Waals surface area (Å²) in [5.74, 6) is -0.107. The van der Waals surface area contributed by atoms with Crippen LogP contribution < -0.4 is 5.32 Å². The first-order chi connectivity index (χ1) is 11.1. The molecule has 1 aromatic heterocycles. The van der Waals surface area contributed by atoms with Gasteiger partial charge in [-0.15, -0.1) is 0 Å². The number of para-hydroxylation sites is 1. The normalized spacial score (nSPS) is 11.1. The van der Waals surface area contributed by atoms with Crippen LogP contribution in [0.1, 0.15) is 11.3 Å². The lowest BCUT2D eigenvalue weighted by Gasteiger charge is -2.10. The first kappa shape index (κ1) is 15.2. The van der Waals surface area contributed by atoms with E-state index in [1.54, 1.807) is 0 Å². The van der Waals surface area contributed by atoms with Crippen molar-refractivity contribution in [1.82, 2.24) is 10.1 Å². The molecule has 5 nitrogen and oxygen atoms in total. The molecule has 0 unspecified atom stereocenters. The van der Waals surface area contributed by atoms with E-state index in [1.807, 2.05) is 62.6 Å². The fourth-order valence-electron chi connectivity index (χ4n) is 2.48. The number of hydrogen-bond donors (Lipinski definition) is 1. The number of fused-ring (bicyclic) bond motifs is 1. The van der Waals surface area contributed by atoms with Crippen molar-refractivity contribution in [2.45, 2.75) is 13.0 Å². The van der Waals surface area contributed by atoms with E-state index in [1.165, 1.54) is 5.56 Å². The van der Waals surface area contributed by atoms with Crippen molar-refractivity contribution >= 4 is 22.6 Å². The Bertz CT molecular complexity index is 807. The molecular weight excluding hydrogens is 290 g/mol. The smallest absolute Gasteiger partial charge is 0.230 e. The van der Waals surface area contributed by atoms with Crippen LogP contribution in [0.15, 0.2) is 53.1 Å². The summed E-state index contributed by atoms with van der Waals surface area (Å²) in [7, 11) is 4.05. The zero-order valence-corrected chi connectivity index (χ0v) is 13.2. The highest BCUT2D eigenvalue weighted by molar-refractivity contribution is 5.94. The third-order valence-corrected chi connectivity index (χ3v) is 3.52. The molecule has 0 aliphatic carbocycles. The topological polar surface area (TPSA) is 58.4 Å². The lowest BCUT2D eigenvalue weighted by molar-refractivity contribution is -0.115. The van der Waals surface area contributed by atoms with Gasteiger partial charge in [0.05, 0.1) is 6.42 Å². The number of benzene rings is 2. The Morgan fingerprint density at radius 1 is 1.13 bits per heavy atom. The number of nitrogens with zero attached hydrogens (tertiary/aromatic N) is 2. The van der Waals surface area contributed by atoms with Gasteiger partial charge in [-0.2, -0.15) is 0 Å². The molecule has 2 aromatic carbocycles. The molecule has 1 amide bonds. The largest absolute Gasteiger partial charge is 0.356 e. The molecule has 0 bridgehead atoms. The van der Waals surface area contributed by atoms with E-state index in [9.17, 15) is 4.79 Å². The fourth-order valence-corrected chi connectivity index (χ4v) is 2.48. The zero-order chi connectivity index (χ0) is 16.2. The Morgan fingerprint density at radius 3 is 2.61 bits per heavy atom. The van der Waals surface area contributed by atoms with Crippen LogP contribution in [0.3, 0.4) is 0 Å². The van der Waals surface area contributed by atoms with Crippen molar-refractivity contribution in [3.05, 3.63) is 59.8 Å². The van der Waals surface area contributed by atoms with Crippen LogP contribution in [-0.2, 0) is 17.8 Å². The summed E-state index contributed by atoms with van der Waals surface area (Å²) >= 11 is 0. The van der Waals surface area contributed by atoms with Gasteiger partial charge in [0.15, 0.2) is 5.58 Å². The number of rotatable bonds is 5. The van der Waals surface area contributed by atoms with Crippen LogP contribution in [-0.4, -0.2) is 30.1 Å². The van der Waals surface area contributed by atoms with Crippen LogP contribution in [0.4, 0.5) is 5.69 Å². The number of anilines is 1. The van der Waals surface area contributed by atoms with E-state index < -0.39 is 0 Å². The molecule has 0 atom stereocenters. The summed E-state index contributed by atoms with van der Waals surface area (Å²) in [6, 6.07) is 15.4. The first-order valence-electron chi connectivity index (χ1n) is 7.48. The molecule has 0 saturated heterocycles. The summed E-state index contributed by atoms with van der Waals surface area (Å²) in [4.78, 5) is 14.3. The summed E-state index contributed by atoms with van der Waals surface area (Å²) in [5, 5.41) is 7.75.